The van der Waals surface area contributed by atoms with Gasteiger partial charge >= 0.3 is 0 Å². The standard InChI is InChI=1S/C20H22/c1-4-9-17-15(3)16-11-6-5-10-14(2)20(17)19-13-8-7-12-18(16)19/h4-5,7-10,12-13,16,20H,2,6,11H2,1,3H3/b9-4-,10-5-. The van der Waals surface area contributed by atoms with Crippen LogP contribution in [-0.4, -0.2) is 0 Å². The summed E-state index contributed by atoms with van der Waals surface area (Å²) >= 11 is 0. The molecule has 1 aromatic carbocycles. The molecule has 2 bridgehead atoms. The minimum atomic E-state index is 0.327. The second-order valence-corrected chi connectivity index (χ2v) is 5.81. The molecule has 0 saturated carbocycles. The minimum absolute atomic E-state index is 0.327. The summed E-state index contributed by atoms with van der Waals surface area (Å²) in [7, 11) is 0. The summed E-state index contributed by atoms with van der Waals surface area (Å²) < 4.78 is 0. The monoisotopic (exact) mass is 262 g/mol. The largest absolute Gasteiger partial charge is 0.0949 e. The van der Waals surface area contributed by atoms with E-state index in [1.54, 1.807) is 0 Å². The number of rotatable bonds is 1. The predicted octanol–water partition coefficient (Wildman–Crippen LogP) is 5.67. The zero-order valence-electron chi connectivity index (χ0n) is 12.4. The van der Waals surface area contributed by atoms with E-state index in [-0.39, 0.29) is 0 Å². The van der Waals surface area contributed by atoms with E-state index in [0.29, 0.717) is 11.8 Å². The van der Waals surface area contributed by atoms with E-state index in [4.69, 9.17) is 0 Å². The lowest BCUT2D eigenvalue weighted by Crippen LogP contribution is -2.17. The van der Waals surface area contributed by atoms with Crippen LogP contribution in [0.5, 0.6) is 0 Å². The van der Waals surface area contributed by atoms with Crippen molar-refractivity contribution < 1.29 is 0 Å². The third-order valence-electron chi connectivity index (χ3n) is 4.64. The maximum absolute atomic E-state index is 4.35. The van der Waals surface area contributed by atoms with Crippen molar-refractivity contribution in [3.63, 3.8) is 0 Å². The van der Waals surface area contributed by atoms with Gasteiger partial charge in [-0.05, 0) is 49.0 Å². The molecule has 0 aliphatic heterocycles. The van der Waals surface area contributed by atoms with Gasteiger partial charge in [-0.1, -0.05) is 60.7 Å². The van der Waals surface area contributed by atoms with Crippen molar-refractivity contribution >= 4 is 0 Å². The van der Waals surface area contributed by atoms with Gasteiger partial charge in [0.2, 0.25) is 0 Å². The molecule has 0 aromatic heterocycles. The molecule has 0 nitrogen and oxygen atoms in total. The van der Waals surface area contributed by atoms with E-state index >= 15 is 0 Å². The molecular formula is C20H22. The average molecular weight is 262 g/mol. The first-order valence-corrected chi connectivity index (χ1v) is 7.51. The van der Waals surface area contributed by atoms with Crippen molar-refractivity contribution in [2.24, 2.45) is 0 Å². The van der Waals surface area contributed by atoms with Gasteiger partial charge < -0.3 is 0 Å². The van der Waals surface area contributed by atoms with E-state index in [9.17, 15) is 0 Å². The molecule has 2 unspecified atom stereocenters. The maximum atomic E-state index is 4.35. The molecule has 0 heterocycles. The first-order valence-electron chi connectivity index (χ1n) is 7.51. The second kappa shape index (κ2) is 5.28. The molecule has 1 aromatic rings. The molecule has 3 rings (SSSR count). The zero-order valence-corrected chi connectivity index (χ0v) is 12.4. The highest BCUT2D eigenvalue weighted by molar-refractivity contribution is 5.57. The molecule has 0 radical (unpaired) electrons. The van der Waals surface area contributed by atoms with Gasteiger partial charge in [0.1, 0.15) is 0 Å². The van der Waals surface area contributed by atoms with E-state index in [1.165, 1.54) is 34.3 Å². The molecular weight excluding hydrogens is 240 g/mol. The van der Waals surface area contributed by atoms with Crippen LogP contribution < -0.4 is 0 Å². The van der Waals surface area contributed by atoms with Crippen LogP contribution in [0, 0.1) is 0 Å². The van der Waals surface area contributed by atoms with Gasteiger partial charge in [0.05, 0.1) is 0 Å². The van der Waals surface area contributed by atoms with Gasteiger partial charge in [0.15, 0.2) is 0 Å². The zero-order chi connectivity index (χ0) is 14.1. The Morgan fingerprint density at radius 1 is 1.20 bits per heavy atom. The SMILES string of the molecule is C=C1/C=C\CCC2C(C)=C(/C=C\C)C1c1ccccc12. The molecule has 2 atom stereocenters. The van der Waals surface area contributed by atoms with Crippen molar-refractivity contribution in [1.29, 1.82) is 0 Å². The maximum Gasteiger partial charge on any atom is 0.0336 e. The van der Waals surface area contributed by atoms with E-state index < -0.39 is 0 Å². The Morgan fingerprint density at radius 2 is 1.95 bits per heavy atom. The number of allylic oxidation sites excluding steroid dienone is 7. The van der Waals surface area contributed by atoms with Crippen LogP contribution in [0.3, 0.4) is 0 Å². The van der Waals surface area contributed by atoms with Crippen molar-refractivity contribution in [3.05, 3.63) is 83.0 Å². The van der Waals surface area contributed by atoms with Gasteiger partial charge in [-0.2, -0.15) is 0 Å². The van der Waals surface area contributed by atoms with Crippen LogP contribution in [0.1, 0.15) is 49.7 Å². The van der Waals surface area contributed by atoms with Crippen molar-refractivity contribution in [2.45, 2.75) is 38.5 Å². The van der Waals surface area contributed by atoms with E-state index in [1.807, 2.05) is 0 Å². The van der Waals surface area contributed by atoms with Crippen LogP contribution >= 0.6 is 0 Å². The second-order valence-electron chi connectivity index (χ2n) is 5.81. The summed E-state index contributed by atoms with van der Waals surface area (Å²) in [6.07, 6.45) is 11.3. The molecule has 0 spiro atoms. The first kappa shape index (κ1) is 13.2. The van der Waals surface area contributed by atoms with Gasteiger partial charge in [-0.25, -0.2) is 0 Å². The highest BCUT2D eigenvalue weighted by Gasteiger charge is 2.32. The molecule has 0 N–H and O–H groups in total. The molecule has 0 saturated heterocycles. The van der Waals surface area contributed by atoms with E-state index in [2.05, 4.69) is 69.0 Å². The Balaban J connectivity index is 2.29. The predicted molar refractivity (Wildman–Crippen MR) is 87.0 cm³/mol. The van der Waals surface area contributed by atoms with Crippen LogP contribution in [0.4, 0.5) is 0 Å². The molecule has 2 aliphatic rings. The number of fused-ring (bicyclic) bond motifs is 5. The van der Waals surface area contributed by atoms with Crippen molar-refractivity contribution in [1.82, 2.24) is 0 Å². The lowest BCUT2D eigenvalue weighted by molar-refractivity contribution is 0.677. The number of benzene rings is 1. The Hall–Kier alpha value is -1.82. The molecule has 0 amide bonds. The fourth-order valence-electron chi connectivity index (χ4n) is 3.69. The Kier molecular flexibility index (Phi) is 3.48. The third kappa shape index (κ3) is 2.00. The fraction of sp³-hybridized carbons (Fsp3) is 0.300. The van der Waals surface area contributed by atoms with Gasteiger partial charge in [-0.15, -0.1) is 0 Å². The Bertz CT molecular complexity index is 625. The van der Waals surface area contributed by atoms with Crippen molar-refractivity contribution in [3.8, 4) is 0 Å². The number of hydrogen-bond acceptors (Lipinski definition) is 0. The molecule has 0 heteroatoms. The third-order valence-corrected chi connectivity index (χ3v) is 4.64. The summed E-state index contributed by atoms with van der Waals surface area (Å²) in [4.78, 5) is 0. The van der Waals surface area contributed by atoms with Crippen LogP contribution in [0.15, 0.2) is 71.9 Å². The Morgan fingerprint density at radius 3 is 2.70 bits per heavy atom. The average Bonchev–Trinajstić information content (AvgIpc) is 2.56. The smallest absolute Gasteiger partial charge is 0.0336 e. The highest BCUT2D eigenvalue weighted by Crippen LogP contribution is 2.48. The lowest BCUT2D eigenvalue weighted by atomic mass is 9.70. The Labute approximate surface area is 122 Å². The van der Waals surface area contributed by atoms with Gasteiger partial charge in [0.25, 0.3) is 0 Å². The quantitative estimate of drug-likeness (QED) is 0.612. The van der Waals surface area contributed by atoms with Gasteiger partial charge in [0, 0.05) is 11.8 Å². The van der Waals surface area contributed by atoms with Crippen LogP contribution in [-0.2, 0) is 0 Å². The van der Waals surface area contributed by atoms with Gasteiger partial charge in [-0.3, -0.25) is 0 Å². The van der Waals surface area contributed by atoms with Crippen molar-refractivity contribution in [2.75, 3.05) is 0 Å². The number of hydrogen-bond donors (Lipinski definition) is 0. The molecule has 102 valence electrons. The van der Waals surface area contributed by atoms with E-state index in [0.717, 1.165) is 6.42 Å². The molecule has 0 fully saturated rings. The summed E-state index contributed by atoms with van der Waals surface area (Å²) in [6.45, 7) is 8.75. The van der Waals surface area contributed by atoms with Crippen LogP contribution in [0.25, 0.3) is 0 Å². The topological polar surface area (TPSA) is 0 Å². The highest BCUT2D eigenvalue weighted by atomic mass is 14.4. The normalized spacial score (nSPS) is 27.2. The minimum Gasteiger partial charge on any atom is -0.0949 e. The molecule has 2 aliphatic carbocycles. The van der Waals surface area contributed by atoms with Crippen LogP contribution in [0.2, 0.25) is 0 Å². The first-order chi connectivity index (χ1) is 9.74. The molecule has 20 heavy (non-hydrogen) atoms. The summed E-state index contributed by atoms with van der Waals surface area (Å²) in [5.41, 5.74) is 7.15. The lowest BCUT2D eigenvalue weighted by Gasteiger charge is -2.34. The summed E-state index contributed by atoms with van der Waals surface area (Å²) in [5, 5.41) is 0. The summed E-state index contributed by atoms with van der Waals surface area (Å²) in [5.74, 6) is 0.886. The summed E-state index contributed by atoms with van der Waals surface area (Å²) in [6, 6.07) is 8.92. The fourth-order valence-corrected chi connectivity index (χ4v) is 3.69.